The number of nitro groups is 1. The molecule has 1 saturated carbocycles. The number of hydrogen-bond donors (Lipinski definition) is 0. The zero-order chi connectivity index (χ0) is 17.5. The fourth-order valence-corrected chi connectivity index (χ4v) is 2.79. The normalized spacial score (nSPS) is 22.2. The first-order valence-corrected chi connectivity index (χ1v) is 8.46. The van der Waals surface area contributed by atoms with Crippen molar-refractivity contribution in [2.75, 3.05) is 6.61 Å². The Hall–Kier alpha value is -1.60. The highest BCUT2D eigenvalue weighted by atomic mass is 16.7. The van der Waals surface area contributed by atoms with E-state index in [-0.39, 0.29) is 5.69 Å². The number of nitro benzene ring substituents is 1. The van der Waals surface area contributed by atoms with Gasteiger partial charge in [-0.05, 0) is 58.0 Å². The molecule has 1 aromatic carbocycles. The molecule has 0 aromatic heterocycles. The molecular formula is C17H24BNO5. The maximum atomic E-state index is 11.4. The van der Waals surface area contributed by atoms with Crippen LogP contribution in [0.25, 0.3) is 0 Å². The zero-order valence-corrected chi connectivity index (χ0v) is 14.7. The molecule has 2 aliphatic rings. The Labute approximate surface area is 142 Å². The SMILES string of the molecule is CC1(C)OB(c2ccc(OCC3CCC3)c([N+](=O)[O-])c2)OC1(C)C. The molecular weight excluding hydrogens is 309 g/mol. The third kappa shape index (κ3) is 3.15. The zero-order valence-electron chi connectivity index (χ0n) is 14.7. The molecule has 130 valence electrons. The van der Waals surface area contributed by atoms with Gasteiger partial charge in [0.25, 0.3) is 0 Å². The van der Waals surface area contributed by atoms with Crippen LogP contribution in [0, 0.1) is 16.0 Å². The second kappa shape index (κ2) is 6.04. The fraction of sp³-hybridized carbons (Fsp3) is 0.647. The molecule has 1 heterocycles. The van der Waals surface area contributed by atoms with Crippen LogP contribution in [0.5, 0.6) is 5.75 Å². The molecule has 0 bridgehead atoms. The van der Waals surface area contributed by atoms with E-state index in [0.29, 0.717) is 23.7 Å². The summed E-state index contributed by atoms with van der Waals surface area (Å²) in [5.74, 6) is 0.833. The first kappa shape index (κ1) is 17.2. The van der Waals surface area contributed by atoms with Gasteiger partial charge < -0.3 is 14.0 Å². The minimum absolute atomic E-state index is 0.0402. The average Bonchev–Trinajstić information content (AvgIpc) is 2.65. The fourth-order valence-electron chi connectivity index (χ4n) is 2.79. The van der Waals surface area contributed by atoms with Gasteiger partial charge in [0.05, 0.1) is 22.7 Å². The van der Waals surface area contributed by atoms with Crippen molar-refractivity contribution in [3.8, 4) is 5.75 Å². The molecule has 0 radical (unpaired) electrons. The Kier molecular flexibility index (Phi) is 4.34. The molecule has 1 aliphatic heterocycles. The van der Waals surface area contributed by atoms with Gasteiger partial charge >= 0.3 is 12.8 Å². The van der Waals surface area contributed by atoms with Gasteiger partial charge in [0, 0.05) is 6.07 Å². The van der Waals surface area contributed by atoms with Crippen molar-refractivity contribution in [3.05, 3.63) is 28.3 Å². The number of ether oxygens (including phenoxy) is 1. The van der Waals surface area contributed by atoms with Crippen LogP contribution in [0.3, 0.4) is 0 Å². The molecule has 0 atom stereocenters. The van der Waals surface area contributed by atoms with Crippen LogP contribution >= 0.6 is 0 Å². The highest BCUT2D eigenvalue weighted by molar-refractivity contribution is 6.62. The van der Waals surface area contributed by atoms with E-state index in [4.69, 9.17) is 14.0 Å². The summed E-state index contributed by atoms with van der Waals surface area (Å²) in [5, 5.41) is 11.4. The van der Waals surface area contributed by atoms with Crippen molar-refractivity contribution in [1.82, 2.24) is 0 Å². The van der Waals surface area contributed by atoms with Gasteiger partial charge in [-0.2, -0.15) is 0 Å². The summed E-state index contributed by atoms with van der Waals surface area (Å²) in [4.78, 5) is 11.0. The Morgan fingerprint density at radius 2 is 1.88 bits per heavy atom. The summed E-state index contributed by atoms with van der Waals surface area (Å²) in [6.45, 7) is 8.36. The number of rotatable bonds is 5. The Morgan fingerprint density at radius 3 is 2.38 bits per heavy atom. The van der Waals surface area contributed by atoms with Gasteiger partial charge in [-0.1, -0.05) is 12.5 Å². The molecule has 6 nitrogen and oxygen atoms in total. The molecule has 7 heteroatoms. The van der Waals surface area contributed by atoms with Crippen molar-refractivity contribution >= 4 is 18.3 Å². The van der Waals surface area contributed by atoms with Gasteiger partial charge in [0.2, 0.25) is 0 Å². The molecule has 0 N–H and O–H groups in total. The smallest absolute Gasteiger partial charge is 0.487 e. The molecule has 0 unspecified atom stereocenters. The molecule has 2 fully saturated rings. The van der Waals surface area contributed by atoms with Gasteiger partial charge in [0.15, 0.2) is 5.75 Å². The van der Waals surface area contributed by atoms with Crippen LogP contribution in [0.15, 0.2) is 18.2 Å². The van der Waals surface area contributed by atoms with Crippen LogP contribution in [-0.2, 0) is 9.31 Å². The molecule has 1 aromatic rings. The van der Waals surface area contributed by atoms with Crippen LogP contribution in [0.4, 0.5) is 5.69 Å². The van der Waals surface area contributed by atoms with Crippen molar-refractivity contribution in [2.45, 2.75) is 58.2 Å². The van der Waals surface area contributed by atoms with E-state index >= 15 is 0 Å². The lowest BCUT2D eigenvalue weighted by Crippen LogP contribution is -2.41. The first-order valence-electron chi connectivity index (χ1n) is 8.46. The maximum absolute atomic E-state index is 11.4. The molecule has 24 heavy (non-hydrogen) atoms. The summed E-state index contributed by atoms with van der Waals surface area (Å²) >= 11 is 0. The Balaban J connectivity index is 1.80. The summed E-state index contributed by atoms with van der Waals surface area (Å²) in [6, 6.07) is 4.93. The molecule has 3 rings (SSSR count). The van der Waals surface area contributed by atoms with Gasteiger partial charge in [-0.25, -0.2) is 0 Å². The lowest BCUT2D eigenvalue weighted by atomic mass is 9.79. The van der Waals surface area contributed by atoms with Crippen LogP contribution in [0.2, 0.25) is 0 Å². The monoisotopic (exact) mass is 333 g/mol. The Bertz CT molecular complexity index is 626. The van der Waals surface area contributed by atoms with Crippen molar-refractivity contribution in [2.24, 2.45) is 5.92 Å². The highest BCUT2D eigenvalue weighted by Gasteiger charge is 2.52. The minimum atomic E-state index is -0.616. The van der Waals surface area contributed by atoms with Crippen molar-refractivity contribution < 1.29 is 19.0 Å². The predicted molar refractivity (Wildman–Crippen MR) is 91.6 cm³/mol. The van der Waals surface area contributed by atoms with E-state index in [9.17, 15) is 10.1 Å². The molecule has 1 aliphatic carbocycles. The third-order valence-corrected chi connectivity index (χ3v) is 5.40. The maximum Gasteiger partial charge on any atom is 0.495 e. The summed E-state index contributed by atoms with van der Waals surface area (Å²) in [7, 11) is -0.616. The molecule has 1 saturated heterocycles. The number of nitrogens with zero attached hydrogens (tertiary/aromatic N) is 1. The summed E-state index contributed by atoms with van der Waals surface area (Å²) in [5.41, 5.74) is -0.365. The van der Waals surface area contributed by atoms with Crippen molar-refractivity contribution in [1.29, 1.82) is 0 Å². The van der Waals surface area contributed by atoms with E-state index in [0.717, 1.165) is 12.8 Å². The molecule has 0 spiro atoms. The van der Waals surface area contributed by atoms with Crippen molar-refractivity contribution in [3.63, 3.8) is 0 Å². The van der Waals surface area contributed by atoms with E-state index in [1.807, 2.05) is 27.7 Å². The lowest BCUT2D eigenvalue weighted by Gasteiger charge is -2.32. The third-order valence-electron chi connectivity index (χ3n) is 5.40. The number of benzene rings is 1. The van der Waals surface area contributed by atoms with E-state index < -0.39 is 23.2 Å². The average molecular weight is 333 g/mol. The largest absolute Gasteiger partial charge is 0.495 e. The van der Waals surface area contributed by atoms with Crippen LogP contribution in [-0.4, -0.2) is 29.9 Å². The van der Waals surface area contributed by atoms with E-state index in [2.05, 4.69) is 0 Å². The van der Waals surface area contributed by atoms with Gasteiger partial charge in [0.1, 0.15) is 0 Å². The second-order valence-corrected chi connectivity index (χ2v) is 7.68. The van der Waals surface area contributed by atoms with Crippen LogP contribution < -0.4 is 10.2 Å². The standard InChI is InChI=1S/C17H24BNO5/c1-16(2)17(3,4)24-18(23-16)13-8-9-15(14(10-13)19(20)21)22-11-12-6-5-7-12/h8-10,12H,5-7,11H2,1-4H3. The summed E-state index contributed by atoms with van der Waals surface area (Å²) in [6.07, 6.45) is 3.50. The van der Waals surface area contributed by atoms with E-state index in [1.54, 1.807) is 12.1 Å². The Morgan fingerprint density at radius 1 is 1.25 bits per heavy atom. The molecule has 0 amide bonds. The lowest BCUT2D eigenvalue weighted by molar-refractivity contribution is -0.385. The topological polar surface area (TPSA) is 70.8 Å². The quantitative estimate of drug-likeness (QED) is 0.470. The van der Waals surface area contributed by atoms with E-state index in [1.165, 1.54) is 12.5 Å². The minimum Gasteiger partial charge on any atom is -0.487 e. The second-order valence-electron chi connectivity index (χ2n) is 7.68. The summed E-state index contributed by atoms with van der Waals surface area (Å²) < 4.78 is 17.6. The number of hydrogen-bond acceptors (Lipinski definition) is 5. The van der Waals surface area contributed by atoms with Gasteiger partial charge in [-0.3, -0.25) is 10.1 Å². The highest BCUT2D eigenvalue weighted by Crippen LogP contribution is 2.37. The van der Waals surface area contributed by atoms with Gasteiger partial charge in [-0.15, -0.1) is 0 Å². The van der Waals surface area contributed by atoms with Crippen LogP contribution in [0.1, 0.15) is 47.0 Å². The first-order chi connectivity index (χ1) is 11.2. The predicted octanol–water partition coefficient (Wildman–Crippen LogP) is 3.07.